The molecule has 0 unspecified atom stereocenters. The molecule has 0 radical (unpaired) electrons. The number of nitro benzene ring substituents is 1. The number of hydrogen-bond donors (Lipinski definition) is 1. The van der Waals surface area contributed by atoms with Gasteiger partial charge in [-0.15, -0.1) is 11.8 Å². The van der Waals surface area contributed by atoms with E-state index in [4.69, 9.17) is 0 Å². The quantitative estimate of drug-likeness (QED) is 0.521. The first kappa shape index (κ1) is 14.8. The van der Waals surface area contributed by atoms with E-state index in [0.29, 0.717) is 6.54 Å². The summed E-state index contributed by atoms with van der Waals surface area (Å²) < 4.78 is 0. The van der Waals surface area contributed by atoms with Gasteiger partial charge in [0.15, 0.2) is 0 Å². The molecule has 0 spiro atoms. The smallest absolute Gasteiger partial charge is 0.282 e. The third-order valence-electron chi connectivity index (χ3n) is 3.48. The normalized spacial score (nSPS) is 18.3. The van der Waals surface area contributed by atoms with Crippen molar-refractivity contribution in [1.82, 2.24) is 4.90 Å². The maximum absolute atomic E-state index is 12.5. The molecular weight excluding hydrogens is 280 g/mol. The van der Waals surface area contributed by atoms with E-state index >= 15 is 0 Å². The molecule has 0 saturated carbocycles. The Kier molecular flexibility index (Phi) is 4.61. The summed E-state index contributed by atoms with van der Waals surface area (Å²) in [4.78, 5) is 25.4. The molecule has 0 bridgehead atoms. The highest BCUT2D eigenvalue weighted by Crippen LogP contribution is 2.28. The van der Waals surface area contributed by atoms with Crippen LogP contribution >= 0.6 is 11.8 Å². The Morgan fingerprint density at radius 3 is 2.95 bits per heavy atom. The van der Waals surface area contributed by atoms with E-state index in [1.165, 1.54) is 22.7 Å². The third-order valence-corrected chi connectivity index (χ3v) is 4.20. The molecular formula is C13H16N2O4S. The summed E-state index contributed by atoms with van der Waals surface area (Å²) in [5, 5.41) is 20.4. The predicted octanol–water partition coefficient (Wildman–Crippen LogP) is 1.91. The average molecular weight is 296 g/mol. The van der Waals surface area contributed by atoms with E-state index in [9.17, 15) is 20.0 Å². The zero-order chi connectivity index (χ0) is 14.7. The first-order chi connectivity index (χ1) is 9.58. The van der Waals surface area contributed by atoms with Crippen LogP contribution in [-0.4, -0.2) is 46.3 Å². The number of carbonyl (C=O) groups is 1. The van der Waals surface area contributed by atoms with Crippen LogP contribution < -0.4 is 0 Å². The number of carbonyl (C=O) groups excluding carboxylic acids is 1. The standard InChI is InChI=1S/C13H16N2O4S/c1-20-10-4-5-12(15(18)19)11(7-10)13(17)14-6-2-3-9(14)8-16/h4-5,7,9,16H,2-3,6,8H2,1H3/t9-/m0/s1. The summed E-state index contributed by atoms with van der Waals surface area (Å²) >= 11 is 1.43. The summed E-state index contributed by atoms with van der Waals surface area (Å²) in [6, 6.07) is 4.31. The highest BCUT2D eigenvalue weighted by molar-refractivity contribution is 7.98. The van der Waals surface area contributed by atoms with Crippen molar-refractivity contribution in [2.45, 2.75) is 23.8 Å². The van der Waals surface area contributed by atoms with Gasteiger partial charge in [0.25, 0.3) is 11.6 Å². The fourth-order valence-corrected chi connectivity index (χ4v) is 2.86. The number of nitrogens with zero attached hydrogens (tertiary/aromatic N) is 2. The predicted molar refractivity (Wildman–Crippen MR) is 76.0 cm³/mol. The van der Waals surface area contributed by atoms with Crippen LogP contribution in [0.4, 0.5) is 5.69 Å². The molecule has 7 heteroatoms. The maximum Gasteiger partial charge on any atom is 0.282 e. The van der Waals surface area contributed by atoms with Gasteiger partial charge >= 0.3 is 0 Å². The van der Waals surface area contributed by atoms with E-state index in [-0.39, 0.29) is 29.8 Å². The fourth-order valence-electron chi connectivity index (χ4n) is 2.42. The molecule has 0 aliphatic carbocycles. The lowest BCUT2D eigenvalue weighted by Gasteiger charge is -2.23. The summed E-state index contributed by atoms with van der Waals surface area (Å²) in [7, 11) is 0. The number of hydrogen-bond acceptors (Lipinski definition) is 5. The van der Waals surface area contributed by atoms with Crippen molar-refractivity contribution in [3.8, 4) is 0 Å². The Labute approximate surface area is 120 Å². The Morgan fingerprint density at radius 1 is 1.60 bits per heavy atom. The van der Waals surface area contributed by atoms with Gasteiger partial charge in [0, 0.05) is 17.5 Å². The average Bonchev–Trinajstić information content (AvgIpc) is 2.94. The van der Waals surface area contributed by atoms with Gasteiger partial charge in [-0.05, 0) is 31.2 Å². The Hall–Kier alpha value is -1.60. The van der Waals surface area contributed by atoms with Crippen molar-refractivity contribution in [2.24, 2.45) is 0 Å². The van der Waals surface area contributed by atoms with Gasteiger partial charge in [0.1, 0.15) is 5.56 Å². The number of thioether (sulfide) groups is 1. The molecule has 0 aromatic heterocycles. The van der Waals surface area contributed by atoms with Crippen LogP contribution in [0, 0.1) is 10.1 Å². The SMILES string of the molecule is CSc1ccc([N+](=O)[O-])c(C(=O)N2CCC[C@H]2CO)c1. The maximum atomic E-state index is 12.5. The first-order valence-corrected chi connectivity index (χ1v) is 7.55. The summed E-state index contributed by atoms with van der Waals surface area (Å²) in [6.07, 6.45) is 3.40. The number of rotatable bonds is 4. The van der Waals surface area contributed by atoms with Crippen LogP contribution in [0.5, 0.6) is 0 Å². The number of nitro groups is 1. The highest BCUT2D eigenvalue weighted by Gasteiger charge is 2.32. The molecule has 1 aliphatic rings. The van der Waals surface area contributed by atoms with Gasteiger partial charge in [-0.2, -0.15) is 0 Å². The van der Waals surface area contributed by atoms with Crippen molar-refractivity contribution >= 4 is 23.4 Å². The van der Waals surface area contributed by atoms with E-state index in [1.807, 2.05) is 6.26 Å². The van der Waals surface area contributed by atoms with Crippen molar-refractivity contribution in [3.05, 3.63) is 33.9 Å². The number of aliphatic hydroxyl groups is 1. The van der Waals surface area contributed by atoms with Crippen LogP contribution in [0.15, 0.2) is 23.1 Å². The summed E-state index contributed by atoms with van der Waals surface area (Å²) in [5.41, 5.74) is -0.0846. The minimum absolute atomic E-state index is 0.0993. The molecule has 1 heterocycles. The molecule has 1 aliphatic heterocycles. The van der Waals surface area contributed by atoms with E-state index < -0.39 is 4.92 Å². The van der Waals surface area contributed by atoms with Gasteiger partial charge < -0.3 is 10.0 Å². The third kappa shape index (κ3) is 2.78. The second kappa shape index (κ2) is 6.23. The Balaban J connectivity index is 2.39. The molecule has 6 nitrogen and oxygen atoms in total. The molecule has 1 fully saturated rings. The molecule has 1 aromatic rings. The number of benzene rings is 1. The van der Waals surface area contributed by atoms with Crippen LogP contribution in [-0.2, 0) is 0 Å². The Bertz CT molecular complexity index is 535. The molecule has 1 aromatic carbocycles. The van der Waals surface area contributed by atoms with Crippen LogP contribution in [0.1, 0.15) is 23.2 Å². The Morgan fingerprint density at radius 2 is 2.35 bits per heavy atom. The van der Waals surface area contributed by atoms with Gasteiger partial charge in [-0.25, -0.2) is 0 Å². The molecule has 108 valence electrons. The molecule has 1 amide bonds. The monoisotopic (exact) mass is 296 g/mol. The fraction of sp³-hybridized carbons (Fsp3) is 0.462. The van der Waals surface area contributed by atoms with Crippen molar-refractivity contribution in [3.63, 3.8) is 0 Å². The number of aliphatic hydroxyl groups excluding tert-OH is 1. The van der Waals surface area contributed by atoms with Gasteiger partial charge in [-0.1, -0.05) is 0 Å². The van der Waals surface area contributed by atoms with Crippen LogP contribution in [0.2, 0.25) is 0 Å². The van der Waals surface area contributed by atoms with E-state index in [0.717, 1.165) is 17.7 Å². The molecule has 1 N–H and O–H groups in total. The van der Waals surface area contributed by atoms with Crippen LogP contribution in [0.25, 0.3) is 0 Å². The second-order valence-electron chi connectivity index (χ2n) is 4.62. The van der Waals surface area contributed by atoms with Gasteiger partial charge in [0.05, 0.1) is 17.6 Å². The number of likely N-dealkylation sites (tertiary alicyclic amines) is 1. The lowest BCUT2D eigenvalue weighted by molar-refractivity contribution is -0.385. The molecule has 20 heavy (non-hydrogen) atoms. The summed E-state index contributed by atoms with van der Waals surface area (Å²) in [6.45, 7) is 0.423. The topological polar surface area (TPSA) is 83.7 Å². The van der Waals surface area contributed by atoms with E-state index in [2.05, 4.69) is 0 Å². The van der Waals surface area contributed by atoms with Crippen molar-refractivity contribution in [2.75, 3.05) is 19.4 Å². The molecule has 2 rings (SSSR count). The largest absolute Gasteiger partial charge is 0.394 e. The lowest BCUT2D eigenvalue weighted by Crippen LogP contribution is -2.37. The summed E-state index contributed by atoms with van der Waals surface area (Å²) in [5.74, 6) is -0.371. The van der Waals surface area contributed by atoms with Crippen LogP contribution in [0.3, 0.4) is 0 Å². The number of amides is 1. The zero-order valence-corrected chi connectivity index (χ0v) is 11.9. The van der Waals surface area contributed by atoms with Gasteiger partial charge in [-0.3, -0.25) is 14.9 Å². The second-order valence-corrected chi connectivity index (χ2v) is 5.50. The molecule has 1 saturated heterocycles. The van der Waals surface area contributed by atoms with Crippen molar-refractivity contribution < 1.29 is 14.8 Å². The lowest BCUT2D eigenvalue weighted by atomic mass is 10.1. The highest BCUT2D eigenvalue weighted by atomic mass is 32.2. The van der Waals surface area contributed by atoms with Gasteiger partial charge in [0.2, 0.25) is 0 Å². The molecule has 1 atom stereocenters. The van der Waals surface area contributed by atoms with Crippen molar-refractivity contribution in [1.29, 1.82) is 0 Å². The van der Waals surface area contributed by atoms with E-state index in [1.54, 1.807) is 12.1 Å². The first-order valence-electron chi connectivity index (χ1n) is 6.32. The minimum Gasteiger partial charge on any atom is -0.394 e. The zero-order valence-electron chi connectivity index (χ0n) is 11.1. The minimum atomic E-state index is -0.540.